The Balaban J connectivity index is 2.19. The van der Waals surface area contributed by atoms with E-state index in [1.54, 1.807) is 6.07 Å². The second kappa shape index (κ2) is 9.73. The van der Waals surface area contributed by atoms with Crippen molar-refractivity contribution < 1.29 is 19.0 Å². The maximum Gasteiger partial charge on any atom is 0.162 e. The highest BCUT2D eigenvalue weighted by molar-refractivity contribution is 9.10. The summed E-state index contributed by atoms with van der Waals surface area (Å²) in [6.07, 6.45) is 0. The van der Waals surface area contributed by atoms with Crippen molar-refractivity contribution in [3.63, 3.8) is 0 Å². The average Bonchev–Trinajstić information content (AvgIpc) is 2.62. The second-order valence-electron chi connectivity index (χ2n) is 6.74. The van der Waals surface area contributed by atoms with Crippen LogP contribution >= 0.6 is 27.5 Å². The molecule has 0 aromatic heterocycles. The summed E-state index contributed by atoms with van der Waals surface area (Å²) in [4.78, 5) is 0. The maximum atomic E-state index is 13.2. The highest BCUT2D eigenvalue weighted by Gasteiger charge is 2.17. The number of hydrogen-bond donors (Lipinski definition) is 2. The van der Waals surface area contributed by atoms with E-state index in [-0.39, 0.29) is 24.6 Å². The predicted molar refractivity (Wildman–Crippen MR) is 109 cm³/mol. The molecule has 0 radical (unpaired) electrons. The number of aliphatic hydroxyl groups excluding tert-OH is 1. The SMILES string of the molecule is CCOc1cc(CNC(C)(C)CO)c(Br)cc1OCc1ccc(F)cc1Cl. The Hall–Kier alpha value is -1.34. The zero-order chi connectivity index (χ0) is 20.0. The van der Waals surface area contributed by atoms with Crippen molar-refractivity contribution in [3.05, 3.63) is 56.8 Å². The fourth-order valence-corrected chi connectivity index (χ4v) is 2.96. The summed E-state index contributed by atoms with van der Waals surface area (Å²) in [5.41, 5.74) is 1.28. The summed E-state index contributed by atoms with van der Waals surface area (Å²) in [6.45, 7) is 7.02. The van der Waals surface area contributed by atoms with Crippen LogP contribution < -0.4 is 14.8 Å². The first-order chi connectivity index (χ1) is 12.8. The third kappa shape index (κ3) is 6.35. The lowest BCUT2D eigenvalue weighted by Gasteiger charge is -2.24. The van der Waals surface area contributed by atoms with Gasteiger partial charge in [0.15, 0.2) is 11.5 Å². The van der Waals surface area contributed by atoms with Gasteiger partial charge in [0.05, 0.1) is 18.2 Å². The van der Waals surface area contributed by atoms with Gasteiger partial charge in [-0.25, -0.2) is 4.39 Å². The lowest BCUT2D eigenvalue weighted by Crippen LogP contribution is -2.42. The Morgan fingerprint density at radius 1 is 1.15 bits per heavy atom. The van der Waals surface area contributed by atoms with Gasteiger partial charge in [0.25, 0.3) is 0 Å². The Bertz CT molecular complexity index is 786. The largest absolute Gasteiger partial charge is 0.490 e. The van der Waals surface area contributed by atoms with Crippen LogP contribution in [0.15, 0.2) is 34.8 Å². The molecule has 0 fully saturated rings. The highest BCUT2D eigenvalue weighted by Crippen LogP contribution is 2.35. The van der Waals surface area contributed by atoms with Gasteiger partial charge < -0.3 is 19.9 Å². The van der Waals surface area contributed by atoms with Gasteiger partial charge in [0.1, 0.15) is 12.4 Å². The maximum absolute atomic E-state index is 13.2. The van der Waals surface area contributed by atoms with Gasteiger partial charge >= 0.3 is 0 Å². The Morgan fingerprint density at radius 3 is 2.48 bits per heavy atom. The van der Waals surface area contributed by atoms with Crippen molar-refractivity contribution in [2.75, 3.05) is 13.2 Å². The van der Waals surface area contributed by atoms with E-state index < -0.39 is 0 Å². The molecule has 0 heterocycles. The average molecular weight is 461 g/mol. The van der Waals surface area contributed by atoms with Crippen LogP contribution in [0.5, 0.6) is 11.5 Å². The normalized spacial score (nSPS) is 11.5. The van der Waals surface area contributed by atoms with E-state index in [2.05, 4.69) is 21.2 Å². The molecule has 0 saturated heterocycles. The highest BCUT2D eigenvalue weighted by atomic mass is 79.9. The summed E-state index contributed by atoms with van der Waals surface area (Å²) in [6, 6.07) is 7.95. The summed E-state index contributed by atoms with van der Waals surface area (Å²) < 4.78 is 25.6. The molecule has 0 unspecified atom stereocenters. The molecular formula is C20H24BrClFNO3. The van der Waals surface area contributed by atoms with Crippen LogP contribution in [-0.4, -0.2) is 23.9 Å². The lowest BCUT2D eigenvalue weighted by molar-refractivity contribution is 0.187. The second-order valence-corrected chi connectivity index (χ2v) is 8.00. The molecule has 0 saturated carbocycles. The monoisotopic (exact) mass is 459 g/mol. The van der Waals surface area contributed by atoms with Crippen LogP contribution in [0.2, 0.25) is 5.02 Å². The lowest BCUT2D eigenvalue weighted by atomic mass is 10.1. The molecule has 27 heavy (non-hydrogen) atoms. The van der Waals surface area contributed by atoms with Gasteiger partial charge in [-0.15, -0.1) is 0 Å². The third-order valence-electron chi connectivity index (χ3n) is 3.96. The number of rotatable bonds is 9. The van der Waals surface area contributed by atoms with Gasteiger partial charge in [0, 0.05) is 22.1 Å². The van der Waals surface area contributed by atoms with E-state index in [1.807, 2.05) is 32.9 Å². The molecule has 2 rings (SSSR count). The Kier molecular flexibility index (Phi) is 7.91. The molecule has 0 aliphatic rings. The minimum atomic E-state index is -0.389. The quantitative estimate of drug-likeness (QED) is 0.548. The molecule has 0 aliphatic heterocycles. The van der Waals surface area contributed by atoms with E-state index in [1.165, 1.54) is 12.1 Å². The molecule has 0 bridgehead atoms. The molecule has 7 heteroatoms. The van der Waals surface area contributed by atoms with Crippen molar-refractivity contribution in [1.82, 2.24) is 5.32 Å². The first kappa shape index (κ1) is 22.0. The molecule has 2 aromatic carbocycles. The molecule has 2 N–H and O–H groups in total. The van der Waals surface area contributed by atoms with Crippen LogP contribution in [0, 0.1) is 5.82 Å². The number of halogens is 3. The van der Waals surface area contributed by atoms with E-state index in [4.69, 9.17) is 21.1 Å². The first-order valence-corrected chi connectivity index (χ1v) is 9.80. The number of ether oxygens (including phenoxy) is 2. The van der Waals surface area contributed by atoms with Gasteiger partial charge in [0.2, 0.25) is 0 Å². The number of aliphatic hydroxyl groups is 1. The summed E-state index contributed by atoms with van der Waals surface area (Å²) in [7, 11) is 0. The van der Waals surface area contributed by atoms with Gasteiger partial charge in [-0.1, -0.05) is 33.6 Å². The van der Waals surface area contributed by atoms with Crippen molar-refractivity contribution in [2.45, 2.75) is 39.5 Å². The first-order valence-electron chi connectivity index (χ1n) is 8.63. The van der Waals surface area contributed by atoms with Gasteiger partial charge in [-0.05, 0) is 50.6 Å². The fraction of sp³-hybridized carbons (Fsp3) is 0.400. The van der Waals surface area contributed by atoms with E-state index >= 15 is 0 Å². The Morgan fingerprint density at radius 2 is 1.85 bits per heavy atom. The summed E-state index contributed by atoms with van der Waals surface area (Å²) >= 11 is 9.62. The minimum Gasteiger partial charge on any atom is -0.490 e. The number of hydrogen-bond acceptors (Lipinski definition) is 4. The molecule has 0 amide bonds. The van der Waals surface area contributed by atoms with Crippen LogP contribution in [0.3, 0.4) is 0 Å². The minimum absolute atomic E-state index is 0.0303. The topological polar surface area (TPSA) is 50.7 Å². The molecular weight excluding hydrogens is 437 g/mol. The Labute approximate surface area is 172 Å². The van der Waals surface area contributed by atoms with Crippen LogP contribution in [-0.2, 0) is 13.2 Å². The zero-order valence-electron chi connectivity index (χ0n) is 15.6. The molecule has 0 spiro atoms. The molecule has 0 atom stereocenters. The van der Waals surface area contributed by atoms with Crippen molar-refractivity contribution >= 4 is 27.5 Å². The zero-order valence-corrected chi connectivity index (χ0v) is 18.0. The summed E-state index contributed by atoms with van der Waals surface area (Å²) in [5.74, 6) is 0.788. The standard InChI is InChI=1S/C20H24BrClFNO3/c1-4-26-18-7-14(10-24-20(2,3)12-25)16(21)9-19(18)27-11-13-5-6-15(23)8-17(13)22/h5-9,24-25H,4,10-12H2,1-3H3. The van der Waals surface area contributed by atoms with Crippen molar-refractivity contribution in [1.29, 1.82) is 0 Å². The van der Waals surface area contributed by atoms with E-state index in [9.17, 15) is 9.50 Å². The predicted octanol–water partition coefficient (Wildman–Crippen LogP) is 5.08. The fourth-order valence-electron chi connectivity index (χ4n) is 2.28. The van der Waals surface area contributed by atoms with Crippen LogP contribution in [0.1, 0.15) is 31.9 Å². The number of benzene rings is 2. The molecule has 2 aromatic rings. The van der Waals surface area contributed by atoms with Crippen LogP contribution in [0.4, 0.5) is 4.39 Å². The molecule has 148 valence electrons. The number of nitrogens with one attached hydrogen (secondary N) is 1. The third-order valence-corrected chi connectivity index (χ3v) is 5.05. The van der Waals surface area contributed by atoms with Crippen molar-refractivity contribution in [3.8, 4) is 11.5 Å². The van der Waals surface area contributed by atoms with E-state index in [0.717, 1.165) is 10.0 Å². The van der Waals surface area contributed by atoms with Gasteiger partial charge in [-0.2, -0.15) is 0 Å². The van der Waals surface area contributed by atoms with Gasteiger partial charge in [-0.3, -0.25) is 0 Å². The van der Waals surface area contributed by atoms with Crippen LogP contribution in [0.25, 0.3) is 0 Å². The molecule has 4 nitrogen and oxygen atoms in total. The smallest absolute Gasteiger partial charge is 0.162 e. The van der Waals surface area contributed by atoms with Crippen molar-refractivity contribution in [2.24, 2.45) is 0 Å². The van der Waals surface area contributed by atoms with E-state index in [0.29, 0.717) is 35.2 Å². The summed E-state index contributed by atoms with van der Waals surface area (Å²) in [5, 5.41) is 13.0. The molecule has 0 aliphatic carbocycles.